The minimum Gasteiger partial charge on any atom is -0.469 e. The van der Waals surface area contributed by atoms with Gasteiger partial charge in [0.15, 0.2) is 0 Å². The van der Waals surface area contributed by atoms with Gasteiger partial charge in [0.2, 0.25) is 0 Å². The maximum absolute atomic E-state index is 12.6. The van der Waals surface area contributed by atoms with Gasteiger partial charge in [-0.15, -0.1) is 11.3 Å². The van der Waals surface area contributed by atoms with Crippen LogP contribution in [0.1, 0.15) is 43.5 Å². The van der Waals surface area contributed by atoms with Crippen molar-refractivity contribution in [2.75, 3.05) is 19.5 Å². The van der Waals surface area contributed by atoms with Crippen molar-refractivity contribution in [2.24, 2.45) is 0 Å². The van der Waals surface area contributed by atoms with Crippen LogP contribution in [0.4, 0.5) is 5.00 Å². The number of halogens is 2. The van der Waals surface area contributed by atoms with Gasteiger partial charge in [0, 0.05) is 9.90 Å². The van der Waals surface area contributed by atoms with Gasteiger partial charge in [-0.1, -0.05) is 23.2 Å². The number of methoxy groups -OCH3 is 2. The number of thiophene rings is 1. The molecule has 0 fully saturated rings. The first-order valence-electron chi connectivity index (χ1n) is 7.95. The number of rotatable bonds is 4. The number of carbonyl (C=O) groups excluding carboxylic acids is 3. The Morgan fingerprint density at radius 1 is 1.19 bits per heavy atom. The highest BCUT2D eigenvalue weighted by Crippen LogP contribution is 2.46. The van der Waals surface area contributed by atoms with E-state index in [1.807, 2.05) is 0 Å². The molecule has 0 radical (unpaired) electrons. The Labute approximate surface area is 169 Å². The summed E-state index contributed by atoms with van der Waals surface area (Å²) in [5.41, 5.74) is 0.968. The van der Waals surface area contributed by atoms with Gasteiger partial charge in [0.1, 0.15) is 5.00 Å². The highest BCUT2D eigenvalue weighted by atomic mass is 35.5. The number of aryl methyl sites for hydroxylation is 1. The summed E-state index contributed by atoms with van der Waals surface area (Å²) in [7, 11) is 2.55. The number of anilines is 1. The lowest BCUT2D eigenvalue weighted by Crippen LogP contribution is -2.18. The van der Waals surface area contributed by atoms with E-state index in [2.05, 4.69) is 5.32 Å². The predicted molar refractivity (Wildman–Crippen MR) is 103 cm³/mol. The minimum absolute atomic E-state index is 0.184. The highest BCUT2D eigenvalue weighted by Gasteiger charge is 2.38. The lowest BCUT2D eigenvalue weighted by molar-refractivity contribution is -0.142. The van der Waals surface area contributed by atoms with Gasteiger partial charge in [0.25, 0.3) is 5.91 Å². The van der Waals surface area contributed by atoms with Gasteiger partial charge >= 0.3 is 11.9 Å². The number of amides is 1. The predicted octanol–water partition coefficient (Wildman–Crippen LogP) is 4.30. The summed E-state index contributed by atoms with van der Waals surface area (Å²) in [6.45, 7) is 0. The van der Waals surface area contributed by atoms with E-state index in [9.17, 15) is 14.4 Å². The van der Waals surface area contributed by atoms with Crippen LogP contribution >= 0.6 is 34.5 Å². The van der Waals surface area contributed by atoms with Crippen molar-refractivity contribution in [3.8, 4) is 0 Å². The van der Waals surface area contributed by atoms with Crippen molar-refractivity contribution in [2.45, 2.75) is 18.8 Å². The number of carbonyl (C=O) groups is 3. The molecular weight excluding hydrogens is 413 g/mol. The molecule has 1 aromatic carbocycles. The van der Waals surface area contributed by atoms with E-state index < -0.39 is 23.8 Å². The molecule has 1 aliphatic rings. The third-order valence-corrected chi connectivity index (χ3v) is 6.04. The fraction of sp³-hybridized carbons (Fsp3) is 0.278. The molecule has 27 heavy (non-hydrogen) atoms. The summed E-state index contributed by atoms with van der Waals surface area (Å²) in [4.78, 5) is 37.9. The zero-order valence-corrected chi connectivity index (χ0v) is 16.8. The largest absolute Gasteiger partial charge is 0.469 e. The number of nitrogens with one attached hydrogen (secondary N) is 1. The van der Waals surface area contributed by atoms with Crippen LogP contribution in [-0.4, -0.2) is 32.1 Å². The fourth-order valence-electron chi connectivity index (χ4n) is 3.08. The number of benzene rings is 1. The standard InChI is InChI=1S/C18H15Cl2NO5S/c1-25-17(23)10-5-6-12-13(10)14(18(24)26-2)16(27-12)21-15(22)9-4-3-8(19)7-11(9)20/h3-4,7,10H,5-6H2,1-2H3,(H,21,22). The van der Waals surface area contributed by atoms with Gasteiger partial charge in [0.05, 0.1) is 36.3 Å². The molecule has 0 aliphatic heterocycles. The smallest absolute Gasteiger partial charge is 0.341 e. The molecule has 0 saturated heterocycles. The Morgan fingerprint density at radius 3 is 2.56 bits per heavy atom. The first kappa shape index (κ1) is 19.7. The fourth-order valence-corrected chi connectivity index (χ4v) is 4.83. The molecule has 1 N–H and O–H groups in total. The van der Waals surface area contributed by atoms with Crippen LogP contribution in [0.3, 0.4) is 0 Å². The van der Waals surface area contributed by atoms with E-state index in [0.717, 1.165) is 4.88 Å². The topological polar surface area (TPSA) is 81.7 Å². The van der Waals surface area contributed by atoms with Crippen LogP contribution in [0.5, 0.6) is 0 Å². The second-order valence-electron chi connectivity index (χ2n) is 5.83. The summed E-state index contributed by atoms with van der Waals surface area (Å²) in [5, 5.41) is 3.62. The maximum atomic E-state index is 12.6. The zero-order valence-electron chi connectivity index (χ0n) is 14.4. The van der Waals surface area contributed by atoms with Crippen LogP contribution in [0, 0.1) is 0 Å². The second kappa shape index (κ2) is 7.88. The Kier molecular flexibility index (Phi) is 5.74. The molecule has 1 amide bonds. The van der Waals surface area contributed by atoms with Crippen molar-refractivity contribution in [3.05, 3.63) is 49.8 Å². The average Bonchev–Trinajstić information content (AvgIpc) is 3.18. The lowest BCUT2D eigenvalue weighted by atomic mass is 9.99. The number of esters is 2. The number of ether oxygens (including phenoxy) is 2. The van der Waals surface area contributed by atoms with E-state index in [0.29, 0.717) is 28.4 Å². The van der Waals surface area contributed by atoms with Gasteiger partial charge in [-0.3, -0.25) is 9.59 Å². The van der Waals surface area contributed by atoms with Gasteiger partial charge in [-0.05, 0) is 36.6 Å². The molecule has 1 aliphatic carbocycles. The van der Waals surface area contributed by atoms with E-state index in [-0.39, 0.29) is 16.1 Å². The molecule has 1 aromatic heterocycles. The van der Waals surface area contributed by atoms with E-state index in [4.69, 9.17) is 32.7 Å². The SMILES string of the molecule is COC(=O)c1c(NC(=O)c2ccc(Cl)cc2Cl)sc2c1C(C(=O)OC)CC2. The summed E-state index contributed by atoms with van der Waals surface area (Å²) >= 11 is 13.2. The summed E-state index contributed by atoms with van der Waals surface area (Å²) in [6.07, 6.45) is 1.16. The van der Waals surface area contributed by atoms with Crippen LogP contribution in [0.2, 0.25) is 10.0 Å². The quantitative estimate of drug-likeness (QED) is 0.735. The van der Waals surface area contributed by atoms with Crippen molar-refractivity contribution in [1.29, 1.82) is 0 Å². The van der Waals surface area contributed by atoms with Crippen molar-refractivity contribution in [3.63, 3.8) is 0 Å². The van der Waals surface area contributed by atoms with E-state index in [1.54, 1.807) is 6.07 Å². The third kappa shape index (κ3) is 3.67. The number of hydrogen-bond acceptors (Lipinski definition) is 6. The molecule has 6 nitrogen and oxygen atoms in total. The van der Waals surface area contributed by atoms with Gasteiger partial charge in [-0.25, -0.2) is 4.79 Å². The first-order valence-corrected chi connectivity index (χ1v) is 9.52. The van der Waals surface area contributed by atoms with Gasteiger partial charge < -0.3 is 14.8 Å². The summed E-state index contributed by atoms with van der Waals surface area (Å²) < 4.78 is 9.71. The van der Waals surface area contributed by atoms with Crippen LogP contribution in [0.15, 0.2) is 18.2 Å². The Hall–Kier alpha value is -2.09. The molecule has 3 rings (SSSR count). The lowest BCUT2D eigenvalue weighted by Gasteiger charge is -2.12. The molecule has 1 heterocycles. The third-order valence-electron chi connectivity index (χ3n) is 4.31. The van der Waals surface area contributed by atoms with E-state index >= 15 is 0 Å². The summed E-state index contributed by atoms with van der Waals surface area (Å²) in [5.74, 6) is -2.09. The minimum atomic E-state index is -0.624. The molecule has 2 aromatic rings. The molecule has 142 valence electrons. The molecule has 1 atom stereocenters. The maximum Gasteiger partial charge on any atom is 0.341 e. The van der Waals surface area contributed by atoms with Crippen molar-refractivity contribution < 1.29 is 23.9 Å². The highest BCUT2D eigenvalue weighted by molar-refractivity contribution is 7.17. The van der Waals surface area contributed by atoms with Crippen LogP contribution in [-0.2, 0) is 20.7 Å². The van der Waals surface area contributed by atoms with Gasteiger partial charge in [-0.2, -0.15) is 0 Å². The molecule has 1 unspecified atom stereocenters. The Morgan fingerprint density at radius 2 is 1.93 bits per heavy atom. The summed E-state index contributed by atoms with van der Waals surface area (Å²) in [6, 6.07) is 4.50. The molecular formula is C18H15Cl2NO5S. The molecule has 0 bridgehead atoms. The van der Waals surface area contributed by atoms with E-state index in [1.165, 1.54) is 37.7 Å². The average molecular weight is 428 g/mol. The molecule has 9 heteroatoms. The van der Waals surface area contributed by atoms with Crippen molar-refractivity contribution >= 4 is 57.4 Å². The molecule has 0 saturated carbocycles. The van der Waals surface area contributed by atoms with Crippen LogP contribution in [0.25, 0.3) is 0 Å². The second-order valence-corrected chi connectivity index (χ2v) is 7.78. The first-order chi connectivity index (χ1) is 12.9. The van der Waals surface area contributed by atoms with Crippen LogP contribution < -0.4 is 5.32 Å². The normalized spacial score (nSPS) is 15.2. The molecule has 0 spiro atoms. The Bertz CT molecular complexity index is 940. The monoisotopic (exact) mass is 427 g/mol. The number of hydrogen-bond donors (Lipinski definition) is 1. The zero-order chi connectivity index (χ0) is 19.7. The van der Waals surface area contributed by atoms with Crippen molar-refractivity contribution in [1.82, 2.24) is 0 Å². The Balaban J connectivity index is 2.00. The number of fused-ring (bicyclic) bond motifs is 1.